The maximum absolute atomic E-state index is 12.0. The van der Waals surface area contributed by atoms with E-state index in [-0.39, 0.29) is 11.7 Å². The van der Waals surface area contributed by atoms with Gasteiger partial charge in [0.25, 0.3) is 0 Å². The number of rotatable bonds is 1. The van der Waals surface area contributed by atoms with Crippen molar-refractivity contribution in [1.29, 1.82) is 0 Å². The van der Waals surface area contributed by atoms with Gasteiger partial charge in [0.1, 0.15) is 0 Å². The van der Waals surface area contributed by atoms with Crippen LogP contribution in [-0.2, 0) is 6.42 Å². The van der Waals surface area contributed by atoms with Gasteiger partial charge in [-0.1, -0.05) is 30.3 Å². The van der Waals surface area contributed by atoms with Crippen LogP contribution in [0.15, 0.2) is 47.3 Å². The molecule has 22 heavy (non-hydrogen) atoms. The van der Waals surface area contributed by atoms with E-state index in [9.17, 15) is 4.79 Å². The van der Waals surface area contributed by atoms with Gasteiger partial charge in [-0.2, -0.15) is 5.10 Å². The molecular weight excluding hydrogens is 276 g/mol. The highest BCUT2D eigenvalue weighted by molar-refractivity contribution is 5.70. The third-order valence-corrected chi connectivity index (χ3v) is 4.25. The molecular formula is C17H16N4O. The summed E-state index contributed by atoms with van der Waals surface area (Å²) in [4.78, 5) is 12.0. The van der Waals surface area contributed by atoms with Gasteiger partial charge in [0.2, 0.25) is 0 Å². The number of nitrogens with two attached hydrogens (primary N) is 1. The summed E-state index contributed by atoms with van der Waals surface area (Å²) in [6.07, 6.45) is 0.680. The van der Waals surface area contributed by atoms with Gasteiger partial charge < -0.3 is 5.73 Å². The Morgan fingerprint density at radius 1 is 1.27 bits per heavy atom. The van der Waals surface area contributed by atoms with Crippen LogP contribution in [0.4, 0.5) is 0 Å². The molecule has 1 aliphatic rings. The minimum absolute atomic E-state index is 0.241. The van der Waals surface area contributed by atoms with E-state index in [1.165, 1.54) is 11.1 Å². The van der Waals surface area contributed by atoms with Gasteiger partial charge in [-0.05, 0) is 47.7 Å². The molecule has 0 fully saturated rings. The zero-order valence-electron chi connectivity index (χ0n) is 12.2. The summed E-state index contributed by atoms with van der Waals surface area (Å²) in [6, 6.07) is 14.1. The summed E-state index contributed by atoms with van der Waals surface area (Å²) in [5.74, 6) is 0.598. The average Bonchev–Trinajstić information content (AvgIpc) is 2.90. The number of aryl methyl sites for hydroxylation is 1. The van der Waals surface area contributed by atoms with Gasteiger partial charge in [-0.25, -0.2) is 14.5 Å². The van der Waals surface area contributed by atoms with E-state index < -0.39 is 0 Å². The van der Waals surface area contributed by atoms with Crippen LogP contribution in [0, 0.1) is 6.92 Å². The lowest BCUT2D eigenvalue weighted by Gasteiger charge is -2.22. The van der Waals surface area contributed by atoms with Gasteiger partial charge in [0, 0.05) is 0 Å². The first kappa shape index (κ1) is 13.0. The Balaban J connectivity index is 1.91. The van der Waals surface area contributed by atoms with Gasteiger partial charge in [0.15, 0.2) is 5.82 Å². The molecule has 4 rings (SSSR count). The van der Waals surface area contributed by atoms with Crippen LogP contribution in [-0.4, -0.2) is 14.8 Å². The van der Waals surface area contributed by atoms with Crippen LogP contribution in [0.3, 0.4) is 0 Å². The summed E-state index contributed by atoms with van der Waals surface area (Å²) in [6.45, 7) is 2.10. The van der Waals surface area contributed by atoms with Crippen molar-refractivity contribution in [2.24, 2.45) is 5.73 Å². The second-order valence-corrected chi connectivity index (χ2v) is 5.69. The van der Waals surface area contributed by atoms with Crippen molar-refractivity contribution >= 4 is 0 Å². The maximum Gasteiger partial charge on any atom is 0.347 e. The Morgan fingerprint density at radius 3 is 2.91 bits per heavy atom. The number of aromatic nitrogens is 3. The first-order chi connectivity index (χ1) is 10.6. The second-order valence-electron chi connectivity index (χ2n) is 5.69. The van der Waals surface area contributed by atoms with Crippen LogP contribution in [0.25, 0.3) is 16.8 Å². The van der Waals surface area contributed by atoms with Gasteiger partial charge in [0.05, 0.1) is 11.7 Å². The van der Waals surface area contributed by atoms with E-state index in [0.29, 0.717) is 12.2 Å². The van der Waals surface area contributed by atoms with E-state index in [1.807, 2.05) is 24.3 Å². The van der Waals surface area contributed by atoms with Crippen molar-refractivity contribution in [3.63, 3.8) is 0 Å². The largest absolute Gasteiger partial charge is 0.347 e. The molecule has 1 aliphatic heterocycles. The predicted octanol–water partition coefficient (Wildman–Crippen LogP) is 2.09. The smallest absolute Gasteiger partial charge is 0.321 e. The number of aromatic amines is 1. The Kier molecular flexibility index (Phi) is 2.77. The minimum Gasteiger partial charge on any atom is -0.321 e. The van der Waals surface area contributed by atoms with Crippen molar-refractivity contribution < 1.29 is 0 Å². The summed E-state index contributed by atoms with van der Waals surface area (Å²) < 4.78 is 1.57. The van der Waals surface area contributed by atoms with Crippen molar-refractivity contribution in [3.05, 3.63) is 69.9 Å². The number of nitrogens with zero attached hydrogens (tertiary/aromatic N) is 2. The third kappa shape index (κ3) is 1.83. The SMILES string of the molecule is Cc1ccccc1-c1ccc2c(c1)CC(N)c1n[nH]c(=O)n1-2. The Labute approximate surface area is 127 Å². The molecule has 0 saturated heterocycles. The van der Waals surface area contributed by atoms with Gasteiger partial charge in [-0.3, -0.25) is 0 Å². The zero-order chi connectivity index (χ0) is 15.3. The zero-order valence-corrected chi connectivity index (χ0v) is 12.2. The molecule has 110 valence electrons. The fourth-order valence-electron chi connectivity index (χ4n) is 3.15. The lowest BCUT2D eigenvalue weighted by molar-refractivity contribution is 0.619. The van der Waals surface area contributed by atoms with Crippen molar-refractivity contribution in [2.45, 2.75) is 19.4 Å². The molecule has 3 N–H and O–H groups in total. The molecule has 5 heteroatoms. The third-order valence-electron chi connectivity index (χ3n) is 4.25. The highest BCUT2D eigenvalue weighted by atomic mass is 16.1. The predicted molar refractivity (Wildman–Crippen MR) is 85.0 cm³/mol. The first-order valence-corrected chi connectivity index (χ1v) is 7.27. The van der Waals surface area contributed by atoms with Gasteiger partial charge in [-0.15, -0.1) is 0 Å². The van der Waals surface area contributed by atoms with Crippen molar-refractivity contribution in [2.75, 3.05) is 0 Å². The highest BCUT2D eigenvalue weighted by Gasteiger charge is 2.25. The summed E-state index contributed by atoms with van der Waals surface area (Å²) in [5, 5.41) is 6.51. The van der Waals surface area contributed by atoms with E-state index in [1.54, 1.807) is 4.57 Å². The molecule has 0 spiro atoms. The lowest BCUT2D eigenvalue weighted by Crippen LogP contribution is -2.28. The fourth-order valence-corrected chi connectivity index (χ4v) is 3.15. The molecule has 0 aliphatic carbocycles. The van der Waals surface area contributed by atoms with E-state index in [4.69, 9.17) is 5.73 Å². The average molecular weight is 292 g/mol. The van der Waals surface area contributed by atoms with Crippen LogP contribution in [0.5, 0.6) is 0 Å². The summed E-state index contributed by atoms with van der Waals surface area (Å²) in [5.41, 5.74) is 11.4. The van der Waals surface area contributed by atoms with Crippen LogP contribution in [0.2, 0.25) is 0 Å². The number of hydrogen-bond acceptors (Lipinski definition) is 3. The molecule has 3 aromatic rings. The quantitative estimate of drug-likeness (QED) is 0.721. The molecule has 0 bridgehead atoms. The van der Waals surface area contributed by atoms with Gasteiger partial charge >= 0.3 is 5.69 Å². The van der Waals surface area contributed by atoms with E-state index in [0.717, 1.165) is 16.8 Å². The van der Waals surface area contributed by atoms with E-state index >= 15 is 0 Å². The summed E-state index contributed by atoms with van der Waals surface area (Å²) in [7, 11) is 0. The first-order valence-electron chi connectivity index (χ1n) is 7.27. The number of fused-ring (bicyclic) bond motifs is 3. The number of H-pyrrole nitrogens is 1. The molecule has 5 nitrogen and oxygen atoms in total. The second kappa shape index (κ2) is 4.68. The molecule has 0 radical (unpaired) electrons. The number of nitrogens with one attached hydrogen (secondary N) is 1. The minimum atomic E-state index is -0.265. The number of benzene rings is 2. The van der Waals surface area contributed by atoms with Crippen LogP contribution < -0.4 is 11.4 Å². The molecule has 1 atom stereocenters. The topological polar surface area (TPSA) is 76.7 Å². The Morgan fingerprint density at radius 2 is 2.09 bits per heavy atom. The van der Waals surface area contributed by atoms with E-state index in [2.05, 4.69) is 35.3 Å². The Hall–Kier alpha value is -2.66. The van der Waals surface area contributed by atoms with Crippen molar-refractivity contribution in [1.82, 2.24) is 14.8 Å². The lowest BCUT2D eigenvalue weighted by atomic mass is 9.93. The Bertz CT molecular complexity index is 922. The number of hydrogen-bond donors (Lipinski definition) is 2. The fraction of sp³-hybridized carbons (Fsp3) is 0.176. The molecule has 1 unspecified atom stereocenters. The highest BCUT2D eigenvalue weighted by Crippen LogP contribution is 2.31. The molecule has 0 amide bonds. The molecule has 0 saturated carbocycles. The maximum atomic E-state index is 12.0. The van der Waals surface area contributed by atoms with Crippen LogP contribution in [0.1, 0.15) is 23.0 Å². The molecule has 1 aromatic heterocycles. The monoisotopic (exact) mass is 292 g/mol. The van der Waals surface area contributed by atoms with Crippen LogP contribution >= 0.6 is 0 Å². The molecule has 2 aromatic carbocycles. The summed E-state index contributed by atoms with van der Waals surface area (Å²) >= 11 is 0. The normalized spacial score (nSPS) is 16.2. The standard InChI is InChI=1S/C17H16N4O/c1-10-4-2-3-5-13(10)11-6-7-15-12(8-11)9-14(18)16-19-20-17(22)21(15)16/h2-8,14H,9,18H2,1H3,(H,20,22). The van der Waals surface area contributed by atoms with Crippen molar-refractivity contribution in [3.8, 4) is 16.8 Å². The molecule has 2 heterocycles.